The highest BCUT2D eigenvalue weighted by atomic mass is 19.4. The summed E-state index contributed by atoms with van der Waals surface area (Å²) >= 11 is 0. The highest BCUT2D eigenvalue weighted by molar-refractivity contribution is 5.88. The van der Waals surface area contributed by atoms with Crippen LogP contribution in [0.5, 0.6) is 0 Å². The summed E-state index contributed by atoms with van der Waals surface area (Å²) in [5.74, 6) is -3.17. The van der Waals surface area contributed by atoms with Crippen molar-refractivity contribution < 1.29 is 37.8 Å². The van der Waals surface area contributed by atoms with Crippen molar-refractivity contribution in [3.05, 3.63) is 0 Å². The van der Waals surface area contributed by atoms with Gasteiger partial charge >= 0.3 is 18.1 Å². The van der Waals surface area contributed by atoms with Gasteiger partial charge in [-0.1, -0.05) is 33.1 Å². The minimum Gasteiger partial charge on any atom is -0.480 e. The number of nitrogens with zero attached hydrogens (tertiary/aromatic N) is 1. The Balaban J connectivity index is 0.000000445. The Hall–Kier alpha value is -1.84. The Labute approximate surface area is 155 Å². The summed E-state index contributed by atoms with van der Waals surface area (Å²) in [5, 5.41) is 16.6. The first-order valence-electron chi connectivity index (χ1n) is 9.04. The number of carbonyl (C=O) groups excluding carboxylic acids is 1. The van der Waals surface area contributed by atoms with Crippen LogP contribution in [0.4, 0.5) is 13.2 Å². The molecule has 27 heavy (non-hydrogen) atoms. The first-order chi connectivity index (χ1) is 12.4. The van der Waals surface area contributed by atoms with E-state index in [0.717, 1.165) is 32.1 Å². The number of halogens is 3. The van der Waals surface area contributed by atoms with Gasteiger partial charge in [0.2, 0.25) is 5.91 Å². The van der Waals surface area contributed by atoms with Gasteiger partial charge in [-0.2, -0.15) is 13.2 Å². The molecule has 1 saturated carbocycles. The molecule has 2 aliphatic rings. The number of alkyl halides is 3. The number of likely N-dealkylation sites (tertiary alicyclic amines) is 1. The molecule has 1 saturated heterocycles. The van der Waals surface area contributed by atoms with Crippen molar-refractivity contribution in [2.24, 2.45) is 23.5 Å². The summed E-state index contributed by atoms with van der Waals surface area (Å²) in [6.07, 6.45) is -0.340. The quantitative estimate of drug-likeness (QED) is 0.654. The van der Waals surface area contributed by atoms with Crippen molar-refractivity contribution in [2.45, 2.75) is 64.2 Å². The number of carbonyl (C=O) groups is 3. The number of carboxylic acids is 2. The molecule has 2 fully saturated rings. The number of rotatable bonds is 5. The third-order valence-corrected chi connectivity index (χ3v) is 5.51. The van der Waals surface area contributed by atoms with Crippen LogP contribution in [0.15, 0.2) is 0 Å². The van der Waals surface area contributed by atoms with Gasteiger partial charge < -0.3 is 20.8 Å². The van der Waals surface area contributed by atoms with E-state index < -0.39 is 30.2 Å². The normalized spacial score (nSPS) is 25.6. The molecule has 1 aliphatic heterocycles. The van der Waals surface area contributed by atoms with Crippen LogP contribution in [0.3, 0.4) is 0 Å². The molecule has 0 spiro atoms. The van der Waals surface area contributed by atoms with Gasteiger partial charge in [0.15, 0.2) is 0 Å². The third kappa shape index (κ3) is 5.57. The zero-order valence-electron chi connectivity index (χ0n) is 15.4. The van der Waals surface area contributed by atoms with Gasteiger partial charge in [-0.25, -0.2) is 9.59 Å². The Morgan fingerprint density at radius 2 is 1.67 bits per heavy atom. The third-order valence-electron chi connectivity index (χ3n) is 5.51. The molecular weight excluding hydrogens is 369 g/mol. The number of aliphatic carboxylic acids is 2. The minimum absolute atomic E-state index is 0.130. The zero-order chi connectivity index (χ0) is 20.9. The van der Waals surface area contributed by atoms with Crippen molar-refractivity contribution in [3.63, 3.8) is 0 Å². The van der Waals surface area contributed by atoms with Gasteiger partial charge in [0.25, 0.3) is 0 Å². The fourth-order valence-electron chi connectivity index (χ4n) is 4.04. The summed E-state index contributed by atoms with van der Waals surface area (Å²) in [5.41, 5.74) is 6.09. The predicted molar refractivity (Wildman–Crippen MR) is 89.7 cm³/mol. The van der Waals surface area contributed by atoms with Gasteiger partial charge in [-0.3, -0.25) is 4.79 Å². The van der Waals surface area contributed by atoms with Crippen LogP contribution in [0.2, 0.25) is 0 Å². The van der Waals surface area contributed by atoms with Crippen LogP contribution in [-0.4, -0.2) is 57.8 Å². The maximum atomic E-state index is 12.6. The molecule has 10 heteroatoms. The smallest absolute Gasteiger partial charge is 0.480 e. The maximum Gasteiger partial charge on any atom is 0.490 e. The SMILES string of the molecule is CCC(CC)[C@H](N)C(=O)N1C[C@@H]2CCC[C@@H]2[C@H]1C(=O)O.O=C(O)C(F)(F)F. The minimum atomic E-state index is -5.08. The van der Waals surface area contributed by atoms with E-state index in [9.17, 15) is 27.9 Å². The van der Waals surface area contributed by atoms with E-state index in [0.29, 0.717) is 12.5 Å². The second kappa shape index (κ2) is 9.38. The number of fused-ring (bicyclic) bond motifs is 1. The van der Waals surface area contributed by atoms with Crippen molar-refractivity contribution >= 4 is 17.8 Å². The first-order valence-corrected chi connectivity index (χ1v) is 9.04. The molecule has 7 nitrogen and oxygen atoms in total. The molecule has 0 unspecified atom stereocenters. The molecule has 156 valence electrons. The number of hydrogen-bond acceptors (Lipinski definition) is 4. The van der Waals surface area contributed by atoms with Crippen molar-refractivity contribution in [1.29, 1.82) is 0 Å². The fraction of sp³-hybridized carbons (Fsp3) is 0.824. The monoisotopic (exact) mass is 396 g/mol. The Morgan fingerprint density at radius 1 is 1.15 bits per heavy atom. The predicted octanol–water partition coefficient (Wildman–Crippen LogP) is 2.09. The summed E-state index contributed by atoms with van der Waals surface area (Å²) in [7, 11) is 0. The lowest BCUT2D eigenvalue weighted by molar-refractivity contribution is -0.192. The van der Waals surface area contributed by atoms with Gasteiger partial charge in [0.05, 0.1) is 6.04 Å². The summed E-state index contributed by atoms with van der Waals surface area (Å²) in [6.45, 7) is 4.62. The van der Waals surface area contributed by atoms with E-state index in [1.807, 2.05) is 13.8 Å². The van der Waals surface area contributed by atoms with E-state index in [4.69, 9.17) is 15.6 Å². The number of amides is 1. The lowest BCUT2D eigenvalue weighted by Gasteiger charge is -2.30. The van der Waals surface area contributed by atoms with Crippen molar-refractivity contribution in [3.8, 4) is 0 Å². The maximum absolute atomic E-state index is 12.6. The van der Waals surface area contributed by atoms with Gasteiger partial charge in [0.1, 0.15) is 6.04 Å². The Kier molecular flexibility index (Phi) is 8.06. The molecule has 4 N–H and O–H groups in total. The van der Waals surface area contributed by atoms with Crippen molar-refractivity contribution in [2.75, 3.05) is 6.54 Å². The van der Waals surface area contributed by atoms with Crippen LogP contribution in [0.25, 0.3) is 0 Å². The second-order valence-electron chi connectivity index (χ2n) is 7.03. The molecule has 0 aromatic heterocycles. The van der Waals surface area contributed by atoms with Crippen LogP contribution >= 0.6 is 0 Å². The molecule has 2 rings (SSSR count). The summed E-state index contributed by atoms with van der Waals surface area (Å²) in [6, 6.07) is -1.22. The molecule has 4 atom stereocenters. The molecule has 0 bridgehead atoms. The zero-order valence-corrected chi connectivity index (χ0v) is 15.4. The number of carboxylic acid groups (broad SMARTS) is 2. The largest absolute Gasteiger partial charge is 0.490 e. The van der Waals surface area contributed by atoms with Gasteiger partial charge in [0, 0.05) is 6.54 Å². The standard InChI is InChI=1S/C15H26N2O3.C2HF3O2/c1-3-9(4-2)12(16)14(18)17-8-10-6-5-7-11(10)13(17)15(19)20;3-2(4,5)1(6)7/h9-13H,3-8,16H2,1-2H3,(H,19,20);(H,6,7)/t10-,11-,12-,13-;/m0./s1. The second-order valence-corrected chi connectivity index (χ2v) is 7.03. The van der Waals surface area contributed by atoms with E-state index in [1.54, 1.807) is 4.90 Å². The Morgan fingerprint density at radius 3 is 2.07 bits per heavy atom. The average molecular weight is 396 g/mol. The topological polar surface area (TPSA) is 121 Å². The lowest BCUT2D eigenvalue weighted by Crippen LogP contribution is -2.52. The molecule has 0 radical (unpaired) electrons. The van der Waals surface area contributed by atoms with Crippen molar-refractivity contribution in [1.82, 2.24) is 4.90 Å². The molecule has 1 heterocycles. The molecule has 1 aliphatic carbocycles. The van der Waals surface area contributed by atoms with Gasteiger partial charge in [-0.05, 0) is 30.6 Å². The van der Waals surface area contributed by atoms with E-state index >= 15 is 0 Å². The molecular formula is C17H27F3N2O5. The van der Waals surface area contributed by atoms with E-state index in [1.165, 1.54) is 0 Å². The average Bonchev–Trinajstić information content (AvgIpc) is 3.14. The molecule has 0 aromatic carbocycles. The van der Waals surface area contributed by atoms with Crippen LogP contribution < -0.4 is 5.73 Å². The van der Waals surface area contributed by atoms with Crippen LogP contribution in [0.1, 0.15) is 46.0 Å². The van der Waals surface area contributed by atoms with Gasteiger partial charge in [-0.15, -0.1) is 0 Å². The first kappa shape index (κ1) is 23.2. The summed E-state index contributed by atoms with van der Waals surface area (Å²) in [4.78, 5) is 34.6. The van der Waals surface area contributed by atoms with Crippen LogP contribution in [0, 0.1) is 17.8 Å². The summed E-state index contributed by atoms with van der Waals surface area (Å²) < 4.78 is 31.7. The lowest BCUT2D eigenvalue weighted by atomic mass is 9.92. The Bertz CT molecular complexity index is 551. The number of hydrogen-bond donors (Lipinski definition) is 3. The fourth-order valence-corrected chi connectivity index (χ4v) is 4.04. The van der Waals surface area contributed by atoms with Crippen LogP contribution in [-0.2, 0) is 14.4 Å². The van der Waals surface area contributed by atoms with E-state index in [2.05, 4.69) is 0 Å². The molecule has 0 aromatic rings. The highest BCUT2D eigenvalue weighted by Gasteiger charge is 2.50. The van der Waals surface area contributed by atoms with E-state index in [-0.39, 0.29) is 17.7 Å². The molecule has 1 amide bonds. The highest BCUT2D eigenvalue weighted by Crippen LogP contribution is 2.42. The number of nitrogens with two attached hydrogens (primary N) is 1.